The van der Waals surface area contributed by atoms with E-state index in [0.717, 1.165) is 26.2 Å². The number of primary amides is 1. The molecule has 5 N–H and O–H groups in total. The Morgan fingerprint density at radius 1 is 1.47 bits per heavy atom. The van der Waals surface area contributed by atoms with Crippen LogP contribution in [-0.2, 0) is 4.79 Å². The van der Waals surface area contributed by atoms with Gasteiger partial charge in [-0.2, -0.15) is 11.8 Å². The minimum Gasteiger partial charge on any atom is -0.368 e. The summed E-state index contributed by atoms with van der Waals surface area (Å²) in [5, 5.41) is 3.14. The average Bonchev–Trinajstić information content (AvgIpc) is 2.25. The van der Waals surface area contributed by atoms with Gasteiger partial charge in [0.05, 0.1) is 6.04 Å². The maximum atomic E-state index is 10.6. The summed E-state index contributed by atoms with van der Waals surface area (Å²) >= 11 is 2.00. The van der Waals surface area contributed by atoms with Gasteiger partial charge in [0.25, 0.3) is 0 Å². The molecule has 0 aromatic rings. The first-order valence-electron chi connectivity index (χ1n) is 5.26. The van der Waals surface area contributed by atoms with Gasteiger partial charge in [0.2, 0.25) is 5.91 Å². The zero-order valence-electron chi connectivity index (χ0n) is 8.95. The Balaban J connectivity index is 1.98. The van der Waals surface area contributed by atoms with Gasteiger partial charge < -0.3 is 21.7 Å². The van der Waals surface area contributed by atoms with Crippen LogP contribution in [0.15, 0.2) is 0 Å². The number of amides is 1. The van der Waals surface area contributed by atoms with Crippen LogP contribution in [0.25, 0.3) is 0 Å². The molecule has 0 spiro atoms. The Morgan fingerprint density at radius 3 is 2.73 bits per heavy atom. The monoisotopic (exact) mass is 232 g/mol. The number of carbonyl (C=O) groups excluding carboxylic acids is 1. The highest BCUT2D eigenvalue weighted by Crippen LogP contribution is 2.07. The van der Waals surface area contributed by atoms with E-state index in [1.807, 2.05) is 11.8 Å². The Kier molecular flexibility index (Phi) is 6.00. The van der Waals surface area contributed by atoms with Crippen molar-refractivity contribution in [1.29, 1.82) is 0 Å². The zero-order valence-corrected chi connectivity index (χ0v) is 9.76. The first-order valence-corrected chi connectivity index (χ1v) is 6.41. The third kappa shape index (κ3) is 5.36. The highest BCUT2D eigenvalue weighted by Gasteiger charge is 2.10. The molecule has 1 heterocycles. The molecule has 1 saturated heterocycles. The quantitative estimate of drug-likeness (QED) is 0.482. The predicted octanol–water partition coefficient (Wildman–Crippen LogP) is -1.56. The molecule has 0 radical (unpaired) electrons. The molecule has 1 amide bonds. The van der Waals surface area contributed by atoms with Crippen LogP contribution >= 0.6 is 11.8 Å². The van der Waals surface area contributed by atoms with E-state index in [0.29, 0.717) is 6.54 Å². The normalized spacial score (nSPS) is 20.1. The van der Waals surface area contributed by atoms with Crippen molar-refractivity contribution in [2.45, 2.75) is 6.04 Å². The molecule has 5 nitrogen and oxygen atoms in total. The summed E-state index contributed by atoms with van der Waals surface area (Å²) in [6.07, 6.45) is 0. The van der Waals surface area contributed by atoms with Crippen LogP contribution in [0.1, 0.15) is 0 Å². The minimum atomic E-state index is -0.568. The molecule has 0 saturated carbocycles. The van der Waals surface area contributed by atoms with Crippen LogP contribution in [0.5, 0.6) is 0 Å². The van der Waals surface area contributed by atoms with Crippen molar-refractivity contribution >= 4 is 17.7 Å². The van der Waals surface area contributed by atoms with Gasteiger partial charge in [-0.15, -0.1) is 0 Å². The number of nitrogens with two attached hydrogens (primary N) is 2. The van der Waals surface area contributed by atoms with Crippen molar-refractivity contribution in [2.24, 2.45) is 11.5 Å². The van der Waals surface area contributed by atoms with E-state index in [9.17, 15) is 4.79 Å². The summed E-state index contributed by atoms with van der Waals surface area (Å²) < 4.78 is 0. The van der Waals surface area contributed by atoms with Gasteiger partial charge in [-0.1, -0.05) is 0 Å². The fourth-order valence-corrected chi connectivity index (χ4v) is 2.40. The second-order valence-electron chi connectivity index (χ2n) is 3.67. The SMILES string of the molecule is NC(=O)C(N)CNCCN1CCSCC1. The topological polar surface area (TPSA) is 84.4 Å². The molecule has 0 aliphatic carbocycles. The van der Waals surface area contributed by atoms with E-state index in [2.05, 4.69) is 10.2 Å². The van der Waals surface area contributed by atoms with Gasteiger partial charge in [-0.3, -0.25) is 4.79 Å². The third-order valence-corrected chi connectivity index (χ3v) is 3.38. The van der Waals surface area contributed by atoms with Crippen LogP contribution in [0.3, 0.4) is 0 Å². The van der Waals surface area contributed by atoms with Crippen molar-refractivity contribution in [3.63, 3.8) is 0 Å². The van der Waals surface area contributed by atoms with Crippen LogP contribution in [0, 0.1) is 0 Å². The zero-order chi connectivity index (χ0) is 11.1. The average molecular weight is 232 g/mol. The molecule has 1 aliphatic heterocycles. The lowest BCUT2D eigenvalue weighted by Crippen LogP contribution is -2.46. The number of thioether (sulfide) groups is 1. The van der Waals surface area contributed by atoms with Crippen molar-refractivity contribution in [2.75, 3.05) is 44.2 Å². The van der Waals surface area contributed by atoms with Crippen molar-refractivity contribution in [3.05, 3.63) is 0 Å². The first kappa shape index (κ1) is 12.8. The van der Waals surface area contributed by atoms with E-state index in [4.69, 9.17) is 11.5 Å². The Labute approximate surface area is 94.9 Å². The number of nitrogens with one attached hydrogen (secondary N) is 1. The minimum absolute atomic E-state index is 0.447. The van der Waals surface area contributed by atoms with Gasteiger partial charge in [-0.05, 0) is 0 Å². The molecular formula is C9H20N4OS. The molecule has 1 fully saturated rings. The molecule has 1 aliphatic rings. The molecule has 1 unspecified atom stereocenters. The standard InChI is InChI=1S/C9H20N4OS/c10-8(9(11)14)7-12-1-2-13-3-5-15-6-4-13/h8,12H,1-7,10H2,(H2,11,14). The molecule has 15 heavy (non-hydrogen) atoms. The highest BCUT2D eigenvalue weighted by atomic mass is 32.2. The molecule has 0 aromatic heterocycles. The van der Waals surface area contributed by atoms with E-state index >= 15 is 0 Å². The number of nitrogens with zero attached hydrogens (tertiary/aromatic N) is 1. The maximum Gasteiger partial charge on any atom is 0.235 e. The van der Waals surface area contributed by atoms with Crippen LogP contribution in [0.2, 0.25) is 0 Å². The largest absolute Gasteiger partial charge is 0.368 e. The van der Waals surface area contributed by atoms with Crippen LogP contribution < -0.4 is 16.8 Å². The first-order chi connectivity index (χ1) is 7.20. The Bertz CT molecular complexity index is 197. The van der Waals surface area contributed by atoms with E-state index in [1.165, 1.54) is 11.5 Å². The molecule has 1 atom stereocenters. The van der Waals surface area contributed by atoms with Gasteiger partial charge in [-0.25, -0.2) is 0 Å². The van der Waals surface area contributed by atoms with Gasteiger partial charge in [0.15, 0.2) is 0 Å². The Morgan fingerprint density at radius 2 is 2.13 bits per heavy atom. The molecule has 1 rings (SSSR count). The van der Waals surface area contributed by atoms with Crippen molar-refractivity contribution in [3.8, 4) is 0 Å². The molecular weight excluding hydrogens is 212 g/mol. The number of hydrogen-bond donors (Lipinski definition) is 3. The number of carbonyl (C=O) groups is 1. The maximum absolute atomic E-state index is 10.6. The Hall–Kier alpha value is -0.300. The summed E-state index contributed by atoms with van der Waals surface area (Å²) in [6, 6.07) is -0.568. The van der Waals surface area contributed by atoms with Crippen LogP contribution in [-0.4, -0.2) is 61.1 Å². The number of rotatable bonds is 6. The van der Waals surface area contributed by atoms with Crippen molar-refractivity contribution < 1.29 is 4.79 Å². The molecule has 6 heteroatoms. The summed E-state index contributed by atoms with van der Waals surface area (Å²) in [4.78, 5) is 13.1. The summed E-state index contributed by atoms with van der Waals surface area (Å²) in [7, 11) is 0. The lowest BCUT2D eigenvalue weighted by molar-refractivity contribution is -0.119. The number of hydrogen-bond acceptors (Lipinski definition) is 5. The lowest BCUT2D eigenvalue weighted by Gasteiger charge is -2.26. The summed E-state index contributed by atoms with van der Waals surface area (Å²) in [6.45, 7) is 4.68. The molecule has 0 aromatic carbocycles. The van der Waals surface area contributed by atoms with E-state index in [-0.39, 0.29) is 0 Å². The molecule has 0 bridgehead atoms. The third-order valence-electron chi connectivity index (χ3n) is 2.44. The lowest BCUT2D eigenvalue weighted by atomic mass is 10.3. The fourth-order valence-electron chi connectivity index (χ4n) is 1.42. The van der Waals surface area contributed by atoms with Gasteiger partial charge in [0, 0.05) is 44.2 Å². The van der Waals surface area contributed by atoms with Gasteiger partial charge >= 0.3 is 0 Å². The second kappa shape index (κ2) is 7.05. The van der Waals surface area contributed by atoms with Crippen LogP contribution in [0.4, 0.5) is 0 Å². The van der Waals surface area contributed by atoms with E-state index in [1.54, 1.807) is 0 Å². The molecule has 88 valence electrons. The predicted molar refractivity (Wildman–Crippen MR) is 63.8 cm³/mol. The van der Waals surface area contributed by atoms with Crippen molar-refractivity contribution in [1.82, 2.24) is 10.2 Å². The summed E-state index contributed by atoms with van der Waals surface area (Å²) in [5.41, 5.74) is 10.5. The smallest absolute Gasteiger partial charge is 0.235 e. The highest BCUT2D eigenvalue weighted by molar-refractivity contribution is 7.99. The van der Waals surface area contributed by atoms with Gasteiger partial charge in [0.1, 0.15) is 0 Å². The van der Waals surface area contributed by atoms with E-state index < -0.39 is 11.9 Å². The fraction of sp³-hybridized carbons (Fsp3) is 0.889. The summed E-state index contributed by atoms with van der Waals surface area (Å²) in [5.74, 6) is 2.00. The second-order valence-corrected chi connectivity index (χ2v) is 4.89.